The molecule has 1 aromatic heterocycles. The molecule has 0 aliphatic carbocycles. The highest BCUT2D eigenvalue weighted by Crippen LogP contribution is 2.25. The van der Waals surface area contributed by atoms with E-state index < -0.39 is 0 Å². The van der Waals surface area contributed by atoms with Crippen LogP contribution in [0.5, 0.6) is 5.75 Å². The van der Waals surface area contributed by atoms with Gasteiger partial charge in [-0.05, 0) is 48.2 Å². The summed E-state index contributed by atoms with van der Waals surface area (Å²) in [5.74, 6) is 1.43. The molecule has 0 aliphatic rings. The minimum Gasteiger partial charge on any atom is -0.492 e. The van der Waals surface area contributed by atoms with E-state index in [1.165, 1.54) is 11.6 Å². The van der Waals surface area contributed by atoms with Gasteiger partial charge in [0.15, 0.2) is 0 Å². The molecule has 3 rings (SSSR count). The van der Waals surface area contributed by atoms with Gasteiger partial charge in [-0.25, -0.2) is 4.98 Å². The van der Waals surface area contributed by atoms with Crippen LogP contribution in [0.15, 0.2) is 61.2 Å². The average Bonchev–Trinajstić information content (AvgIpc) is 3.06. The Hall–Kier alpha value is -3.08. The fourth-order valence-electron chi connectivity index (χ4n) is 3.30. The summed E-state index contributed by atoms with van der Waals surface area (Å²) >= 11 is 0. The number of imidazole rings is 1. The first-order chi connectivity index (χ1) is 13.8. The Kier molecular flexibility index (Phi) is 6.06. The van der Waals surface area contributed by atoms with E-state index in [4.69, 9.17) is 9.72 Å². The van der Waals surface area contributed by atoms with Gasteiger partial charge in [-0.1, -0.05) is 51.6 Å². The Balaban J connectivity index is 1.76. The predicted molar refractivity (Wildman–Crippen MR) is 117 cm³/mol. The molecule has 1 amide bonds. The molecule has 2 aromatic carbocycles. The lowest BCUT2D eigenvalue weighted by Crippen LogP contribution is -2.27. The summed E-state index contributed by atoms with van der Waals surface area (Å²) in [6, 6.07) is 16.0. The first-order valence-electron chi connectivity index (χ1n) is 9.91. The predicted octanol–water partition coefficient (Wildman–Crippen LogP) is 4.78. The smallest absolute Gasteiger partial charge is 0.243 e. The van der Waals surface area contributed by atoms with Gasteiger partial charge in [0.05, 0.1) is 23.6 Å². The second-order valence-electron chi connectivity index (χ2n) is 8.17. The molecule has 5 nitrogen and oxygen atoms in total. The second-order valence-corrected chi connectivity index (χ2v) is 8.17. The third-order valence-corrected chi connectivity index (χ3v) is 4.92. The van der Waals surface area contributed by atoms with Crippen LogP contribution >= 0.6 is 0 Å². The molecule has 5 heteroatoms. The van der Waals surface area contributed by atoms with Crippen LogP contribution in [-0.4, -0.2) is 22.1 Å². The lowest BCUT2D eigenvalue weighted by atomic mass is 9.87. The quantitative estimate of drug-likeness (QED) is 0.590. The van der Waals surface area contributed by atoms with Gasteiger partial charge < -0.3 is 14.6 Å². The van der Waals surface area contributed by atoms with Gasteiger partial charge in [0.1, 0.15) is 18.2 Å². The molecule has 0 radical (unpaired) electrons. The minimum absolute atomic E-state index is 0.120. The van der Waals surface area contributed by atoms with Gasteiger partial charge >= 0.3 is 0 Å². The number of carbonyl (C=O) groups excluding carboxylic acids is 1. The van der Waals surface area contributed by atoms with Crippen molar-refractivity contribution in [1.82, 2.24) is 14.9 Å². The maximum atomic E-state index is 11.7. The van der Waals surface area contributed by atoms with Gasteiger partial charge in [0, 0.05) is 0 Å². The summed E-state index contributed by atoms with van der Waals surface area (Å²) in [6.45, 7) is 13.2. The molecule has 0 saturated carbocycles. The summed E-state index contributed by atoms with van der Waals surface area (Å²) in [6.07, 6.45) is 1.27. The molecular formula is C24H29N3O2. The van der Waals surface area contributed by atoms with E-state index >= 15 is 0 Å². The number of carbonyl (C=O) groups is 1. The van der Waals surface area contributed by atoms with Gasteiger partial charge in [-0.3, -0.25) is 4.79 Å². The third-order valence-electron chi connectivity index (χ3n) is 4.92. The molecule has 0 spiro atoms. The highest BCUT2D eigenvalue weighted by atomic mass is 16.5. The number of hydrogen-bond acceptors (Lipinski definition) is 3. The topological polar surface area (TPSA) is 56.2 Å². The number of fused-ring (bicyclic) bond motifs is 1. The molecule has 0 fully saturated rings. The van der Waals surface area contributed by atoms with Crippen molar-refractivity contribution in [3.05, 3.63) is 72.6 Å². The zero-order valence-corrected chi connectivity index (χ0v) is 17.6. The average molecular weight is 392 g/mol. The number of benzene rings is 2. The third kappa shape index (κ3) is 4.86. The number of nitrogens with zero attached hydrogens (tertiary/aromatic N) is 2. The van der Waals surface area contributed by atoms with E-state index in [1.54, 1.807) is 0 Å². The Morgan fingerprint density at radius 3 is 2.55 bits per heavy atom. The van der Waals surface area contributed by atoms with Crippen LogP contribution in [0.1, 0.15) is 45.1 Å². The molecule has 0 bridgehead atoms. The fourth-order valence-corrected chi connectivity index (χ4v) is 3.30. The van der Waals surface area contributed by atoms with Gasteiger partial charge in [-0.15, -0.1) is 0 Å². The van der Waals surface area contributed by atoms with Crippen LogP contribution in [-0.2, 0) is 16.8 Å². The molecule has 1 atom stereocenters. The summed E-state index contributed by atoms with van der Waals surface area (Å²) < 4.78 is 8.08. The SMILES string of the molecule is C=CC(=O)NC(C)c1nc2ccccc2n1CCOc1ccc(C(C)(C)C)cc1. The molecule has 0 aliphatic heterocycles. The summed E-state index contributed by atoms with van der Waals surface area (Å²) in [4.78, 5) is 16.5. The molecule has 1 heterocycles. The van der Waals surface area contributed by atoms with Gasteiger partial charge in [0.25, 0.3) is 0 Å². The highest BCUT2D eigenvalue weighted by Gasteiger charge is 2.18. The van der Waals surface area contributed by atoms with Crippen molar-refractivity contribution in [3.63, 3.8) is 0 Å². The zero-order chi connectivity index (χ0) is 21.0. The number of ether oxygens (including phenoxy) is 1. The van der Waals surface area contributed by atoms with Crippen molar-refractivity contribution < 1.29 is 9.53 Å². The van der Waals surface area contributed by atoms with Crippen molar-refractivity contribution >= 4 is 16.9 Å². The Morgan fingerprint density at radius 2 is 1.90 bits per heavy atom. The van der Waals surface area contributed by atoms with E-state index in [9.17, 15) is 4.79 Å². The van der Waals surface area contributed by atoms with Crippen LogP contribution in [0.2, 0.25) is 0 Å². The minimum atomic E-state index is -0.237. The van der Waals surface area contributed by atoms with Crippen LogP contribution in [0.25, 0.3) is 11.0 Å². The summed E-state index contributed by atoms with van der Waals surface area (Å²) in [5, 5.41) is 2.89. The number of amides is 1. The molecule has 3 aromatic rings. The lowest BCUT2D eigenvalue weighted by molar-refractivity contribution is -0.117. The van der Waals surface area contributed by atoms with Crippen LogP contribution in [0, 0.1) is 0 Å². The normalized spacial score (nSPS) is 12.6. The maximum Gasteiger partial charge on any atom is 0.243 e. The van der Waals surface area contributed by atoms with Crippen LogP contribution < -0.4 is 10.1 Å². The number of nitrogens with one attached hydrogen (secondary N) is 1. The lowest BCUT2D eigenvalue weighted by Gasteiger charge is -2.19. The monoisotopic (exact) mass is 391 g/mol. The molecule has 0 saturated heterocycles. The van der Waals surface area contributed by atoms with Crippen molar-refractivity contribution in [2.24, 2.45) is 0 Å². The van der Waals surface area contributed by atoms with E-state index in [2.05, 4.69) is 49.4 Å². The van der Waals surface area contributed by atoms with Crippen molar-refractivity contribution in [2.45, 2.75) is 45.7 Å². The Morgan fingerprint density at radius 1 is 1.21 bits per heavy atom. The Labute approximate surface area is 172 Å². The zero-order valence-electron chi connectivity index (χ0n) is 17.6. The first kappa shape index (κ1) is 20.6. The molecule has 152 valence electrons. The van der Waals surface area contributed by atoms with Gasteiger partial charge in [-0.2, -0.15) is 0 Å². The Bertz CT molecular complexity index is 997. The first-order valence-corrected chi connectivity index (χ1v) is 9.91. The number of hydrogen-bond donors (Lipinski definition) is 1. The van der Waals surface area contributed by atoms with Gasteiger partial charge in [0.2, 0.25) is 5.91 Å². The van der Waals surface area contributed by atoms with E-state index in [-0.39, 0.29) is 17.4 Å². The van der Waals surface area contributed by atoms with E-state index in [0.29, 0.717) is 13.2 Å². The summed E-state index contributed by atoms with van der Waals surface area (Å²) in [7, 11) is 0. The van der Waals surface area contributed by atoms with Crippen molar-refractivity contribution in [1.29, 1.82) is 0 Å². The molecule has 29 heavy (non-hydrogen) atoms. The maximum absolute atomic E-state index is 11.7. The van der Waals surface area contributed by atoms with Crippen molar-refractivity contribution in [2.75, 3.05) is 6.61 Å². The van der Waals surface area contributed by atoms with Crippen molar-refractivity contribution in [3.8, 4) is 5.75 Å². The number of rotatable bonds is 7. The molecular weight excluding hydrogens is 362 g/mol. The highest BCUT2D eigenvalue weighted by molar-refractivity contribution is 5.87. The molecule has 1 N–H and O–H groups in total. The van der Waals surface area contributed by atoms with Crippen LogP contribution in [0.3, 0.4) is 0 Å². The largest absolute Gasteiger partial charge is 0.492 e. The summed E-state index contributed by atoms with van der Waals surface area (Å²) in [5.41, 5.74) is 3.32. The number of aromatic nitrogens is 2. The van der Waals surface area contributed by atoms with Crippen LogP contribution in [0.4, 0.5) is 0 Å². The molecule has 1 unspecified atom stereocenters. The standard InChI is InChI=1S/C24H29N3O2/c1-6-22(28)25-17(2)23-26-20-9-7-8-10-21(20)27(23)15-16-29-19-13-11-18(12-14-19)24(3,4)5/h6-14,17H,1,15-16H2,2-5H3,(H,25,28). The van der Waals surface area contributed by atoms with E-state index in [0.717, 1.165) is 22.6 Å². The number of para-hydroxylation sites is 2. The second kappa shape index (κ2) is 8.52. The fraction of sp³-hybridized carbons (Fsp3) is 0.333. The van der Waals surface area contributed by atoms with E-state index in [1.807, 2.05) is 43.3 Å².